The fraction of sp³-hybridized carbons (Fsp3) is 0.429. The summed E-state index contributed by atoms with van der Waals surface area (Å²) in [7, 11) is 0. The molecule has 6 amide bonds. The number of amides is 6. The summed E-state index contributed by atoms with van der Waals surface area (Å²) in [5.74, 6) is -3.57. The van der Waals surface area contributed by atoms with Gasteiger partial charge in [0.15, 0.2) is 0 Å². The van der Waals surface area contributed by atoms with Gasteiger partial charge < -0.3 is 31.9 Å². The Hall–Kier alpha value is -3.09. The van der Waals surface area contributed by atoms with Gasteiger partial charge in [-0.05, 0) is 18.2 Å². The van der Waals surface area contributed by atoms with Crippen molar-refractivity contribution in [2.24, 2.45) is 0 Å². The first kappa shape index (κ1) is 30.9. The quantitative estimate of drug-likeness (QED) is 0.117. The Balaban J connectivity index is 2.91. The van der Waals surface area contributed by atoms with E-state index in [0.717, 1.165) is 0 Å². The number of carbonyl (C=O) groups excluding carboxylic acids is 6. The van der Waals surface area contributed by atoms with Crippen LogP contribution in [-0.4, -0.2) is 92.4 Å². The summed E-state index contributed by atoms with van der Waals surface area (Å²) in [5, 5.41) is 15.2. The number of hydrogen-bond donors (Lipinski definition) is 6. The maximum Gasteiger partial charge on any atom is 0.251 e. The van der Waals surface area contributed by atoms with Gasteiger partial charge >= 0.3 is 0 Å². The molecule has 12 nitrogen and oxygen atoms in total. The van der Waals surface area contributed by atoms with Crippen molar-refractivity contribution < 1.29 is 28.8 Å². The van der Waals surface area contributed by atoms with Crippen molar-refractivity contribution in [3.05, 3.63) is 34.9 Å². The molecule has 36 heavy (non-hydrogen) atoms. The molecule has 6 N–H and O–H groups in total. The summed E-state index contributed by atoms with van der Waals surface area (Å²) in [6, 6.07) is 3.91. The van der Waals surface area contributed by atoms with E-state index in [1.807, 2.05) is 0 Å². The molecule has 1 rings (SSSR count). The second-order valence-electron chi connectivity index (χ2n) is 7.02. The highest BCUT2D eigenvalue weighted by molar-refractivity contribution is 6.27. The van der Waals surface area contributed by atoms with Crippen molar-refractivity contribution in [1.82, 2.24) is 31.9 Å². The standard InChI is InChI=1S/C21H27Cl3N6O6/c22-10-16(31)25-1-4-28-19(34)13-7-14(20(35)29-5-2-26-17(32)11-23)9-15(8-13)21(36)30-6-3-27-18(33)12-24/h7-9H,1-6,10-12H2,(H,25,31)(H,26,32)(H,27,33)(H,28,34)(H,29,35)(H,30,36). The fourth-order valence-corrected chi connectivity index (χ4v) is 2.89. The highest BCUT2D eigenvalue weighted by Gasteiger charge is 2.16. The molecule has 1 aromatic rings. The van der Waals surface area contributed by atoms with Crippen LogP contribution in [0.1, 0.15) is 31.1 Å². The summed E-state index contributed by atoms with van der Waals surface area (Å²) in [6.45, 7) is 0.645. The molecule has 0 bridgehead atoms. The lowest BCUT2D eigenvalue weighted by Gasteiger charge is -2.12. The minimum Gasteiger partial charge on any atom is -0.353 e. The van der Waals surface area contributed by atoms with Gasteiger partial charge in [-0.25, -0.2) is 0 Å². The van der Waals surface area contributed by atoms with E-state index in [0.29, 0.717) is 0 Å². The maximum atomic E-state index is 12.6. The summed E-state index contributed by atoms with van der Waals surface area (Å²) >= 11 is 16.2. The number of benzene rings is 1. The number of carbonyl (C=O) groups is 6. The number of halogens is 3. The first-order chi connectivity index (χ1) is 17.2. The van der Waals surface area contributed by atoms with Crippen LogP contribution in [0.25, 0.3) is 0 Å². The van der Waals surface area contributed by atoms with Crippen LogP contribution in [0.4, 0.5) is 0 Å². The lowest BCUT2D eigenvalue weighted by atomic mass is 10.0. The van der Waals surface area contributed by atoms with E-state index in [1.165, 1.54) is 18.2 Å². The molecule has 0 saturated carbocycles. The summed E-state index contributed by atoms with van der Waals surface area (Å²) in [6.07, 6.45) is 0. The molecular formula is C21H27Cl3N6O6. The number of nitrogens with one attached hydrogen (secondary N) is 6. The van der Waals surface area contributed by atoms with Crippen LogP contribution < -0.4 is 31.9 Å². The van der Waals surface area contributed by atoms with Crippen LogP contribution in [0.15, 0.2) is 18.2 Å². The maximum absolute atomic E-state index is 12.6. The number of hydrogen-bond acceptors (Lipinski definition) is 6. The molecule has 15 heteroatoms. The molecule has 1 aromatic carbocycles. The van der Waals surface area contributed by atoms with Crippen LogP contribution in [0, 0.1) is 0 Å². The number of alkyl halides is 3. The van der Waals surface area contributed by atoms with Crippen LogP contribution in [0.3, 0.4) is 0 Å². The summed E-state index contributed by atoms with van der Waals surface area (Å²) in [5.41, 5.74) is 0.0899. The lowest BCUT2D eigenvalue weighted by Crippen LogP contribution is -2.37. The fourth-order valence-electron chi connectivity index (χ4n) is 2.60. The molecule has 0 unspecified atom stereocenters. The van der Waals surface area contributed by atoms with Gasteiger partial charge in [0.05, 0.1) is 0 Å². The largest absolute Gasteiger partial charge is 0.353 e. The molecule has 0 spiro atoms. The third-order valence-electron chi connectivity index (χ3n) is 4.28. The van der Waals surface area contributed by atoms with E-state index in [4.69, 9.17) is 34.8 Å². The van der Waals surface area contributed by atoms with Gasteiger partial charge in [0.1, 0.15) is 17.6 Å². The Labute approximate surface area is 222 Å². The van der Waals surface area contributed by atoms with Gasteiger partial charge in [0.25, 0.3) is 17.7 Å². The molecule has 0 saturated heterocycles. The van der Waals surface area contributed by atoms with Crippen molar-refractivity contribution in [3.8, 4) is 0 Å². The van der Waals surface area contributed by atoms with E-state index in [-0.39, 0.29) is 73.6 Å². The molecule has 0 aromatic heterocycles. The second-order valence-corrected chi connectivity index (χ2v) is 7.82. The molecule has 0 aliphatic heterocycles. The molecule has 0 aliphatic carbocycles. The van der Waals surface area contributed by atoms with Crippen LogP contribution in [0.5, 0.6) is 0 Å². The SMILES string of the molecule is O=C(CCl)NCCNC(=O)c1cc(C(=O)NCCNC(=O)CCl)cc(C(=O)NCCNC(=O)CCl)c1. The van der Waals surface area contributed by atoms with Crippen LogP contribution >= 0.6 is 34.8 Å². The first-order valence-corrected chi connectivity index (χ1v) is 12.3. The number of rotatable bonds is 15. The van der Waals surface area contributed by atoms with Crippen molar-refractivity contribution in [2.75, 3.05) is 56.9 Å². The third kappa shape index (κ3) is 12.0. The smallest absolute Gasteiger partial charge is 0.251 e. The zero-order valence-corrected chi connectivity index (χ0v) is 21.4. The van der Waals surface area contributed by atoms with E-state index in [2.05, 4.69) is 31.9 Å². The summed E-state index contributed by atoms with van der Waals surface area (Å²) in [4.78, 5) is 71.4. The van der Waals surface area contributed by atoms with Crippen molar-refractivity contribution in [1.29, 1.82) is 0 Å². The Morgan fingerprint density at radius 3 is 0.889 bits per heavy atom. The van der Waals surface area contributed by atoms with Crippen molar-refractivity contribution in [3.63, 3.8) is 0 Å². The first-order valence-electron chi connectivity index (χ1n) is 10.7. The van der Waals surface area contributed by atoms with Gasteiger partial charge in [-0.1, -0.05) is 0 Å². The van der Waals surface area contributed by atoms with E-state index in [9.17, 15) is 28.8 Å². The zero-order chi connectivity index (χ0) is 26.9. The lowest BCUT2D eigenvalue weighted by molar-refractivity contribution is -0.119. The average Bonchev–Trinajstić information content (AvgIpc) is 2.89. The predicted molar refractivity (Wildman–Crippen MR) is 135 cm³/mol. The molecule has 0 heterocycles. The third-order valence-corrected chi connectivity index (χ3v) is 5.01. The molecular weight excluding hydrogens is 539 g/mol. The minimum absolute atomic E-state index is 0.0300. The van der Waals surface area contributed by atoms with Crippen molar-refractivity contribution >= 4 is 70.2 Å². The van der Waals surface area contributed by atoms with E-state index >= 15 is 0 Å². The molecule has 0 radical (unpaired) electrons. The van der Waals surface area contributed by atoms with Gasteiger partial charge in [0, 0.05) is 56.0 Å². The molecule has 0 aliphatic rings. The van der Waals surface area contributed by atoms with E-state index in [1.54, 1.807) is 0 Å². The Morgan fingerprint density at radius 1 is 0.444 bits per heavy atom. The molecule has 0 atom stereocenters. The van der Waals surface area contributed by atoms with Crippen LogP contribution in [0.2, 0.25) is 0 Å². The Bertz CT molecular complexity index is 831. The molecule has 0 fully saturated rings. The normalized spacial score (nSPS) is 10.1. The van der Waals surface area contributed by atoms with Gasteiger partial charge in [-0.3, -0.25) is 28.8 Å². The van der Waals surface area contributed by atoms with Gasteiger partial charge in [-0.2, -0.15) is 0 Å². The monoisotopic (exact) mass is 564 g/mol. The average molecular weight is 566 g/mol. The molecule has 198 valence electrons. The van der Waals surface area contributed by atoms with Crippen molar-refractivity contribution in [2.45, 2.75) is 0 Å². The van der Waals surface area contributed by atoms with Gasteiger partial charge in [0.2, 0.25) is 17.7 Å². The zero-order valence-electron chi connectivity index (χ0n) is 19.2. The highest BCUT2D eigenvalue weighted by Crippen LogP contribution is 2.11. The minimum atomic E-state index is -0.581. The highest BCUT2D eigenvalue weighted by atomic mass is 35.5. The second kappa shape index (κ2) is 17.4. The van der Waals surface area contributed by atoms with E-state index < -0.39 is 35.4 Å². The Morgan fingerprint density at radius 2 is 0.667 bits per heavy atom. The Kier molecular flexibility index (Phi) is 14.9. The van der Waals surface area contributed by atoms with Gasteiger partial charge in [-0.15, -0.1) is 34.8 Å². The predicted octanol–water partition coefficient (Wildman–Crippen LogP) is -1.06. The van der Waals surface area contributed by atoms with Crippen LogP contribution in [-0.2, 0) is 14.4 Å². The summed E-state index contributed by atoms with van der Waals surface area (Å²) < 4.78 is 0. The topological polar surface area (TPSA) is 175 Å².